The monoisotopic (exact) mass is 317 g/mol. The molecule has 0 saturated carbocycles. The molecule has 0 aliphatic rings. The van der Waals surface area contributed by atoms with E-state index in [1.54, 1.807) is 19.2 Å². The third-order valence-corrected chi connectivity index (χ3v) is 3.35. The van der Waals surface area contributed by atoms with E-state index in [2.05, 4.69) is 20.7 Å². The fourth-order valence-electron chi connectivity index (χ4n) is 2.30. The van der Waals surface area contributed by atoms with E-state index in [1.165, 1.54) is 0 Å². The van der Waals surface area contributed by atoms with E-state index < -0.39 is 0 Å². The minimum atomic E-state index is -0.312. The highest BCUT2D eigenvalue weighted by Crippen LogP contribution is 2.19. The second-order valence-electron chi connectivity index (χ2n) is 6.12. The van der Waals surface area contributed by atoms with Gasteiger partial charge in [-0.15, -0.1) is 0 Å². The number of amides is 2. The summed E-state index contributed by atoms with van der Waals surface area (Å²) < 4.78 is 1.82. The lowest BCUT2D eigenvalue weighted by atomic mass is 10.1. The summed E-state index contributed by atoms with van der Waals surface area (Å²) in [6.45, 7) is 9.51. The molecule has 0 aliphatic heterocycles. The van der Waals surface area contributed by atoms with E-state index in [9.17, 15) is 9.59 Å². The van der Waals surface area contributed by atoms with Gasteiger partial charge in [-0.05, 0) is 40.7 Å². The van der Waals surface area contributed by atoms with Crippen LogP contribution in [0.15, 0.2) is 12.3 Å². The molecular weight excluding hydrogens is 294 g/mol. The first kappa shape index (κ1) is 16.9. The predicted octanol–water partition coefficient (Wildman–Crippen LogP) is 1.58. The Labute approximate surface area is 135 Å². The topological polar surface area (TPSA) is 88.9 Å². The van der Waals surface area contributed by atoms with Gasteiger partial charge in [0.1, 0.15) is 0 Å². The van der Waals surface area contributed by atoms with Gasteiger partial charge in [0.15, 0.2) is 5.65 Å². The van der Waals surface area contributed by atoms with E-state index in [1.807, 2.05) is 32.4 Å². The lowest BCUT2D eigenvalue weighted by Gasteiger charge is -2.11. The number of carbonyl (C=O) groups is 2. The largest absolute Gasteiger partial charge is 0.352 e. The van der Waals surface area contributed by atoms with Gasteiger partial charge in [0.05, 0.1) is 24.0 Å². The Morgan fingerprint density at radius 3 is 2.57 bits per heavy atom. The molecule has 0 unspecified atom stereocenters. The van der Waals surface area contributed by atoms with Gasteiger partial charge in [-0.1, -0.05) is 0 Å². The molecule has 2 heterocycles. The summed E-state index contributed by atoms with van der Waals surface area (Å²) in [5, 5.41) is 10.5. The first-order chi connectivity index (χ1) is 10.8. The molecule has 2 rings (SSSR count). The van der Waals surface area contributed by atoms with E-state index in [0.29, 0.717) is 11.3 Å². The second-order valence-corrected chi connectivity index (χ2v) is 6.12. The molecule has 0 bridgehead atoms. The van der Waals surface area contributed by atoms with Crippen molar-refractivity contribution >= 4 is 22.8 Å². The third-order valence-electron chi connectivity index (χ3n) is 3.35. The number of nitrogens with one attached hydrogen (secondary N) is 2. The molecule has 23 heavy (non-hydrogen) atoms. The molecule has 0 aliphatic carbocycles. The van der Waals surface area contributed by atoms with E-state index in [4.69, 9.17) is 0 Å². The Morgan fingerprint density at radius 2 is 1.96 bits per heavy atom. The molecule has 0 atom stereocenters. The average Bonchev–Trinajstić information content (AvgIpc) is 2.86. The maximum Gasteiger partial charge on any atom is 0.253 e. The minimum absolute atomic E-state index is 0.0426. The van der Waals surface area contributed by atoms with Gasteiger partial charge in [0.2, 0.25) is 5.91 Å². The number of nitrogens with zero attached hydrogens (tertiary/aromatic N) is 3. The molecule has 2 N–H and O–H groups in total. The Balaban J connectivity index is 2.18. The van der Waals surface area contributed by atoms with Crippen molar-refractivity contribution < 1.29 is 9.59 Å². The number of pyridine rings is 1. The van der Waals surface area contributed by atoms with Crippen molar-refractivity contribution in [3.8, 4) is 0 Å². The van der Waals surface area contributed by atoms with Crippen LogP contribution in [0, 0.1) is 6.92 Å². The van der Waals surface area contributed by atoms with Crippen LogP contribution in [0.5, 0.6) is 0 Å². The van der Waals surface area contributed by atoms with Crippen LogP contribution in [-0.2, 0) is 4.79 Å². The minimum Gasteiger partial charge on any atom is -0.352 e. The second kappa shape index (κ2) is 6.76. The van der Waals surface area contributed by atoms with Crippen molar-refractivity contribution in [2.75, 3.05) is 6.54 Å². The molecular formula is C16H23N5O2. The van der Waals surface area contributed by atoms with E-state index in [-0.39, 0.29) is 30.4 Å². The van der Waals surface area contributed by atoms with Gasteiger partial charge in [0, 0.05) is 17.5 Å². The zero-order valence-electron chi connectivity index (χ0n) is 14.2. The third kappa shape index (κ3) is 3.85. The standard InChI is InChI=1S/C16H23N5O2/c1-9(2)19-14(22)8-17-16(23)13-6-12-7-18-21(10(3)4)15(12)20-11(13)5/h6-7,9-10H,8H2,1-5H3,(H,17,23)(H,19,22). The highest BCUT2D eigenvalue weighted by atomic mass is 16.2. The van der Waals surface area contributed by atoms with Crippen molar-refractivity contribution in [3.63, 3.8) is 0 Å². The molecule has 0 aromatic carbocycles. The maximum absolute atomic E-state index is 12.3. The number of aryl methyl sites for hydroxylation is 1. The first-order valence-electron chi connectivity index (χ1n) is 7.72. The van der Waals surface area contributed by atoms with Crippen molar-refractivity contribution in [3.05, 3.63) is 23.5 Å². The van der Waals surface area contributed by atoms with E-state index in [0.717, 1.165) is 11.0 Å². The normalized spacial score (nSPS) is 11.3. The lowest BCUT2D eigenvalue weighted by molar-refractivity contribution is -0.120. The first-order valence-corrected chi connectivity index (χ1v) is 7.72. The van der Waals surface area contributed by atoms with Crippen LogP contribution in [0.3, 0.4) is 0 Å². The molecule has 124 valence electrons. The van der Waals surface area contributed by atoms with E-state index >= 15 is 0 Å². The Bertz CT molecular complexity index is 733. The van der Waals surface area contributed by atoms with Crippen molar-refractivity contribution in [1.82, 2.24) is 25.4 Å². The van der Waals surface area contributed by atoms with Crippen LogP contribution in [0.2, 0.25) is 0 Å². The zero-order valence-corrected chi connectivity index (χ0v) is 14.2. The summed E-state index contributed by atoms with van der Waals surface area (Å²) in [4.78, 5) is 28.4. The van der Waals surface area contributed by atoms with Crippen LogP contribution < -0.4 is 10.6 Å². The molecule has 2 amide bonds. The summed E-state index contributed by atoms with van der Waals surface area (Å²) in [6.07, 6.45) is 1.70. The number of carbonyl (C=O) groups excluding carboxylic acids is 2. The fourth-order valence-corrected chi connectivity index (χ4v) is 2.30. The van der Waals surface area contributed by atoms with Crippen LogP contribution in [0.25, 0.3) is 11.0 Å². The van der Waals surface area contributed by atoms with Crippen LogP contribution in [0.1, 0.15) is 49.8 Å². The van der Waals surface area contributed by atoms with Gasteiger partial charge in [0.25, 0.3) is 5.91 Å². The van der Waals surface area contributed by atoms with Gasteiger partial charge >= 0.3 is 0 Å². The van der Waals surface area contributed by atoms with Gasteiger partial charge in [-0.2, -0.15) is 5.10 Å². The lowest BCUT2D eigenvalue weighted by Crippen LogP contribution is -2.40. The number of hydrogen-bond donors (Lipinski definition) is 2. The molecule has 2 aromatic heterocycles. The van der Waals surface area contributed by atoms with Crippen LogP contribution in [-0.4, -0.2) is 39.2 Å². The van der Waals surface area contributed by atoms with Gasteiger partial charge in [-0.3, -0.25) is 9.59 Å². The summed E-state index contributed by atoms with van der Waals surface area (Å²) >= 11 is 0. The molecule has 0 saturated heterocycles. The quantitative estimate of drug-likeness (QED) is 0.876. The average molecular weight is 317 g/mol. The van der Waals surface area contributed by atoms with Crippen LogP contribution in [0.4, 0.5) is 0 Å². The van der Waals surface area contributed by atoms with Crippen molar-refractivity contribution in [1.29, 1.82) is 0 Å². The Kier molecular flexibility index (Phi) is 4.98. The number of hydrogen-bond acceptors (Lipinski definition) is 4. The molecule has 7 heteroatoms. The Morgan fingerprint density at radius 1 is 1.26 bits per heavy atom. The zero-order chi connectivity index (χ0) is 17.1. The number of fused-ring (bicyclic) bond motifs is 1. The van der Waals surface area contributed by atoms with Crippen molar-refractivity contribution in [2.24, 2.45) is 0 Å². The molecule has 0 fully saturated rings. The predicted molar refractivity (Wildman–Crippen MR) is 88.3 cm³/mol. The summed E-state index contributed by atoms with van der Waals surface area (Å²) in [5.41, 5.74) is 1.83. The molecule has 0 spiro atoms. The molecule has 2 aromatic rings. The number of aromatic nitrogens is 3. The SMILES string of the molecule is Cc1nc2c(cnn2C(C)C)cc1C(=O)NCC(=O)NC(C)C. The highest BCUT2D eigenvalue weighted by Gasteiger charge is 2.16. The molecule has 7 nitrogen and oxygen atoms in total. The van der Waals surface area contributed by atoms with Gasteiger partial charge in [-0.25, -0.2) is 9.67 Å². The number of rotatable bonds is 5. The van der Waals surface area contributed by atoms with Gasteiger partial charge < -0.3 is 10.6 Å². The fraction of sp³-hybridized carbons (Fsp3) is 0.500. The smallest absolute Gasteiger partial charge is 0.253 e. The summed E-state index contributed by atoms with van der Waals surface area (Å²) in [5.74, 6) is -0.527. The Hall–Kier alpha value is -2.44. The summed E-state index contributed by atoms with van der Waals surface area (Å²) in [6, 6.07) is 2.00. The maximum atomic E-state index is 12.3. The van der Waals surface area contributed by atoms with Crippen LogP contribution >= 0.6 is 0 Å². The summed E-state index contributed by atoms with van der Waals surface area (Å²) in [7, 11) is 0. The van der Waals surface area contributed by atoms with Crippen molar-refractivity contribution in [2.45, 2.75) is 46.7 Å². The highest BCUT2D eigenvalue weighted by molar-refractivity contribution is 5.99. The molecule has 0 radical (unpaired) electrons.